The van der Waals surface area contributed by atoms with E-state index in [1.807, 2.05) is 131 Å². The molecule has 0 atom stereocenters. The maximum atomic E-state index is 16.0. The summed E-state index contributed by atoms with van der Waals surface area (Å²) in [4.78, 5) is 10.4. The third-order valence-electron chi connectivity index (χ3n) is 8.33. The molecule has 2 aromatic heterocycles. The van der Waals surface area contributed by atoms with Gasteiger partial charge in [-0.2, -0.15) is 0 Å². The Labute approximate surface area is 276 Å². The van der Waals surface area contributed by atoms with Gasteiger partial charge in [0.05, 0.1) is 33.9 Å². The highest BCUT2D eigenvalue weighted by Crippen LogP contribution is 2.43. The Kier molecular flexibility index (Phi) is 7.51. The summed E-state index contributed by atoms with van der Waals surface area (Å²) in [7, 11) is 0. The molecule has 0 amide bonds. The van der Waals surface area contributed by atoms with E-state index in [9.17, 15) is 0 Å². The molecule has 6 aromatic carbocycles. The van der Waals surface area contributed by atoms with Crippen molar-refractivity contribution in [3.8, 4) is 67.8 Å². The van der Waals surface area contributed by atoms with Crippen LogP contribution in [-0.4, -0.2) is 19.3 Å². The quantitative estimate of drug-likeness (QED) is 0.176. The molecule has 8 rings (SSSR count). The van der Waals surface area contributed by atoms with Gasteiger partial charge in [0.2, 0.25) is 0 Å². The Morgan fingerprint density at radius 1 is 0.333 bits per heavy atom. The van der Waals surface area contributed by atoms with Crippen LogP contribution in [0.15, 0.2) is 170 Å². The second-order valence-corrected chi connectivity index (χ2v) is 11.3. The van der Waals surface area contributed by atoms with Gasteiger partial charge in [0, 0.05) is 22.3 Å². The van der Waals surface area contributed by atoms with E-state index in [-0.39, 0.29) is 0 Å². The third kappa shape index (κ3) is 5.10. The number of hydrogen-bond acceptors (Lipinski definition) is 2. The van der Waals surface area contributed by atoms with Crippen molar-refractivity contribution in [2.45, 2.75) is 0 Å². The van der Waals surface area contributed by atoms with Gasteiger partial charge in [0.15, 0.2) is 11.6 Å². The van der Waals surface area contributed by atoms with E-state index in [2.05, 4.69) is 0 Å². The number of halogens is 2. The van der Waals surface area contributed by atoms with Crippen LogP contribution in [0.5, 0.6) is 0 Å². The van der Waals surface area contributed by atoms with E-state index in [4.69, 9.17) is 9.97 Å². The summed E-state index contributed by atoms with van der Waals surface area (Å²) in [6.45, 7) is 0. The zero-order valence-electron chi connectivity index (χ0n) is 25.7. The molecule has 48 heavy (non-hydrogen) atoms. The molecule has 8 aromatic rings. The first-order valence-corrected chi connectivity index (χ1v) is 15.7. The van der Waals surface area contributed by atoms with Crippen LogP contribution in [-0.2, 0) is 0 Å². The molecule has 0 aliphatic rings. The van der Waals surface area contributed by atoms with E-state index in [0.717, 1.165) is 22.3 Å². The summed E-state index contributed by atoms with van der Waals surface area (Å²) in [6, 6.07) is 52.7. The summed E-state index contributed by atoms with van der Waals surface area (Å²) < 4.78 is 35.7. The summed E-state index contributed by atoms with van der Waals surface area (Å²) in [5.41, 5.74) is 6.69. The minimum atomic E-state index is -0.430. The van der Waals surface area contributed by atoms with Crippen LogP contribution in [0.1, 0.15) is 0 Å². The maximum Gasteiger partial charge on any atom is 0.163 e. The van der Waals surface area contributed by atoms with E-state index >= 15 is 8.78 Å². The highest BCUT2D eigenvalue weighted by Gasteiger charge is 2.30. The van der Waals surface area contributed by atoms with Crippen molar-refractivity contribution in [2.24, 2.45) is 0 Å². The molecule has 0 unspecified atom stereocenters. The Morgan fingerprint density at radius 2 is 0.625 bits per heavy atom. The van der Waals surface area contributed by atoms with Gasteiger partial charge in [-0.1, -0.05) is 146 Å². The Morgan fingerprint density at radius 3 is 0.958 bits per heavy atom. The third-order valence-corrected chi connectivity index (χ3v) is 8.33. The normalized spacial score (nSPS) is 11.1. The van der Waals surface area contributed by atoms with Crippen LogP contribution in [0, 0.1) is 11.6 Å². The Balaban J connectivity index is 1.62. The molecule has 0 fully saturated rings. The molecule has 0 radical (unpaired) electrons. The minimum absolute atomic E-state index is 0.297. The van der Waals surface area contributed by atoms with Crippen molar-refractivity contribution in [3.05, 3.63) is 181 Å². The lowest BCUT2D eigenvalue weighted by Gasteiger charge is -2.20. The lowest BCUT2D eigenvalue weighted by molar-refractivity contribution is 0.616. The highest BCUT2D eigenvalue weighted by atomic mass is 19.1. The van der Waals surface area contributed by atoms with E-state index in [1.165, 1.54) is 12.1 Å². The second-order valence-electron chi connectivity index (χ2n) is 11.3. The minimum Gasteiger partial charge on any atom is -0.226 e. The van der Waals surface area contributed by atoms with Crippen molar-refractivity contribution >= 4 is 0 Å². The molecular formula is C42H28F2N4. The molecule has 6 heteroatoms. The summed E-state index contributed by atoms with van der Waals surface area (Å²) in [6.07, 6.45) is 0. The number of aromatic nitrogens is 4. The SMILES string of the molecule is Fc1ccccc1-c1nc(-c2ccccc2)c(-c2ccccc2)n1-n1c(-c2ccccc2F)nc(-c2ccccc2)c1-c1ccccc1. The van der Waals surface area contributed by atoms with Crippen molar-refractivity contribution < 1.29 is 8.78 Å². The van der Waals surface area contributed by atoms with Gasteiger partial charge < -0.3 is 0 Å². The second kappa shape index (κ2) is 12.4. The van der Waals surface area contributed by atoms with Crippen LogP contribution in [0.3, 0.4) is 0 Å². The fourth-order valence-corrected chi connectivity index (χ4v) is 6.15. The van der Waals surface area contributed by atoms with Crippen LogP contribution >= 0.6 is 0 Å². The van der Waals surface area contributed by atoms with Gasteiger partial charge in [-0.3, -0.25) is 0 Å². The molecule has 0 aliphatic heterocycles. The zero-order chi connectivity index (χ0) is 32.5. The molecule has 2 heterocycles. The lowest BCUT2D eigenvalue weighted by atomic mass is 10.0. The monoisotopic (exact) mass is 626 g/mol. The average Bonchev–Trinajstić information content (AvgIpc) is 3.73. The van der Waals surface area contributed by atoms with Crippen LogP contribution in [0.25, 0.3) is 67.8 Å². The van der Waals surface area contributed by atoms with Gasteiger partial charge in [0.1, 0.15) is 11.6 Å². The zero-order valence-corrected chi connectivity index (χ0v) is 25.7. The fourth-order valence-electron chi connectivity index (χ4n) is 6.15. The predicted octanol–water partition coefficient (Wildman–Crippen LogP) is 10.7. The van der Waals surface area contributed by atoms with Gasteiger partial charge in [-0.15, -0.1) is 0 Å². The molecule has 230 valence electrons. The number of imidazole rings is 2. The first-order chi connectivity index (χ1) is 23.7. The lowest BCUT2D eigenvalue weighted by Crippen LogP contribution is -2.16. The van der Waals surface area contributed by atoms with E-state index in [0.29, 0.717) is 45.6 Å². The number of rotatable bonds is 7. The molecule has 0 N–H and O–H groups in total. The molecule has 0 spiro atoms. The number of hydrogen-bond donors (Lipinski definition) is 0. The predicted molar refractivity (Wildman–Crippen MR) is 188 cm³/mol. The average molecular weight is 627 g/mol. The first kappa shape index (κ1) is 29.0. The van der Waals surface area contributed by atoms with E-state index < -0.39 is 11.6 Å². The van der Waals surface area contributed by atoms with Crippen LogP contribution in [0.4, 0.5) is 8.78 Å². The topological polar surface area (TPSA) is 35.6 Å². The molecule has 0 saturated carbocycles. The van der Waals surface area contributed by atoms with Gasteiger partial charge in [-0.05, 0) is 24.3 Å². The highest BCUT2D eigenvalue weighted by molar-refractivity contribution is 5.86. The molecule has 0 bridgehead atoms. The first-order valence-electron chi connectivity index (χ1n) is 15.7. The molecular weight excluding hydrogens is 598 g/mol. The van der Waals surface area contributed by atoms with Gasteiger partial charge >= 0.3 is 0 Å². The molecule has 0 saturated heterocycles. The summed E-state index contributed by atoms with van der Waals surface area (Å²) in [5.74, 6) is -0.171. The summed E-state index contributed by atoms with van der Waals surface area (Å²) in [5, 5.41) is 0. The van der Waals surface area contributed by atoms with Crippen LogP contribution < -0.4 is 0 Å². The van der Waals surface area contributed by atoms with Crippen molar-refractivity contribution in [1.29, 1.82) is 0 Å². The van der Waals surface area contributed by atoms with Crippen molar-refractivity contribution in [3.63, 3.8) is 0 Å². The van der Waals surface area contributed by atoms with E-state index in [1.54, 1.807) is 36.4 Å². The van der Waals surface area contributed by atoms with Crippen molar-refractivity contribution in [1.82, 2.24) is 19.3 Å². The number of nitrogens with zero attached hydrogens (tertiary/aromatic N) is 4. The largest absolute Gasteiger partial charge is 0.226 e. The van der Waals surface area contributed by atoms with Gasteiger partial charge in [-0.25, -0.2) is 28.1 Å². The molecule has 0 aliphatic carbocycles. The maximum absolute atomic E-state index is 16.0. The Hall–Kier alpha value is -6.40. The molecule has 4 nitrogen and oxygen atoms in total. The fraction of sp³-hybridized carbons (Fsp3) is 0. The van der Waals surface area contributed by atoms with Crippen molar-refractivity contribution in [2.75, 3.05) is 0 Å². The van der Waals surface area contributed by atoms with Crippen LogP contribution in [0.2, 0.25) is 0 Å². The smallest absolute Gasteiger partial charge is 0.163 e. The Bertz CT molecular complexity index is 2180. The standard InChI is InChI=1S/C42H28F2N4/c43-35-27-15-13-25-33(35)41-45-37(29-17-5-1-6-18-29)39(31-21-9-3-10-22-31)47(41)48-40(32-23-11-4-12-24-32)38(30-19-7-2-8-20-30)46-42(48)34-26-14-16-28-36(34)44/h1-28H. The van der Waals surface area contributed by atoms with Gasteiger partial charge in [0.25, 0.3) is 0 Å². The summed E-state index contributed by atoms with van der Waals surface area (Å²) >= 11 is 0. The number of benzene rings is 6.